The van der Waals surface area contributed by atoms with E-state index in [2.05, 4.69) is 20.8 Å². The van der Waals surface area contributed by atoms with Crippen molar-refractivity contribution in [1.29, 1.82) is 0 Å². The van der Waals surface area contributed by atoms with Crippen molar-refractivity contribution in [1.82, 2.24) is 25.5 Å². The van der Waals surface area contributed by atoms with E-state index in [4.69, 9.17) is 25.8 Å². The zero-order valence-corrected chi connectivity index (χ0v) is 17.4. The van der Waals surface area contributed by atoms with Gasteiger partial charge in [-0.15, -0.1) is 5.10 Å². The van der Waals surface area contributed by atoms with Crippen molar-refractivity contribution >= 4 is 17.5 Å². The number of methoxy groups -OCH3 is 2. The molecule has 0 saturated carbocycles. The minimum Gasteiger partial charge on any atom is -0.493 e. The molecule has 0 saturated heterocycles. The van der Waals surface area contributed by atoms with Crippen LogP contribution in [0.5, 0.6) is 17.2 Å². The molecule has 3 aromatic rings. The molecule has 3 rings (SSSR count). The molecule has 30 heavy (non-hydrogen) atoms. The summed E-state index contributed by atoms with van der Waals surface area (Å²) in [7, 11) is 3.18. The molecule has 158 valence electrons. The Hall–Kier alpha value is -3.33. The summed E-state index contributed by atoms with van der Waals surface area (Å²) in [6.45, 7) is 0.596. The Kier molecular flexibility index (Phi) is 7.45. The number of carbonyl (C=O) groups excluding carboxylic acids is 1. The first kappa shape index (κ1) is 21.4. The summed E-state index contributed by atoms with van der Waals surface area (Å²) in [5.41, 5.74) is 1.02. The summed E-state index contributed by atoms with van der Waals surface area (Å²) in [6.07, 6.45) is 0.647. The highest BCUT2D eigenvalue weighted by molar-refractivity contribution is 6.30. The topological polar surface area (TPSA) is 100 Å². The first-order valence-corrected chi connectivity index (χ1v) is 9.58. The third-order valence-electron chi connectivity index (χ3n) is 4.26. The molecule has 1 heterocycles. The number of ether oxygens (including phenoxy) is 3. The standard InChI is InChI=1S/C20H22ClN5O4/c1-28-17-8-3-14(11-18(17)29-2)9-10-22-20(27)12-26-19(23-24-25-26)13-30-16-6-4-15(21)5-7-16/h3-8,11H,9-10,12-13H2,1-2H3,(H,22,27). The summed E-state index contributed by atoms with van der Waals surface area (Å²) in [4.78, 5) is 12.3. The van der Waals surface area contributed by atoms with Crippen LogP contribution in [0.3, 0.4) is 0 Å². The molecule has 0 unspecified atom stereocenters. The monoisotopic (exact) mass is 431 g/mol. The lowest BCUT2D eigenvalue weighted by Gasteiger charge is -2.10. The summed E-state index contributed by atoms with van der Waals surface area (Å²) in [6, 6.07) is 12.6. The molecule has 1 N–H and O–H groups in total. The number of nitrogens with one attached hydrogen (secondary N) is 1. The van der Waals surface area contributed by atoms with Crippen LogP contribution in [-0.2, 0) is 24.4 Å². The van der Waals surface area contributed by atoms with Gasteiger partial charge in [0.1, 0.15) is 18.9 Å². The van der Waals surface area contributed by atoms with Crippen molar-refractivity contribution in [3.63, 3.8) is 0 Å². The number of aromatic nitrogens is 4. The lowest BCUT2D eigenvalue weighted by Crippen LogP contribution is -2.30. The van der Waals surface area contributed by atoms with Crippen molar-refractivity contribution in [2.24, 2.45) is 0 Å². The molecule has 0 aliphatic heterocycles. The van der Waals surface area contributed by atoms with Gasteiger partial charge in [-0.2, -0.15) is 0 Å². The zero-order valence-electron chi connectivity index (χ0n) is 16.7. The molecule has 9 nitrogen and oxygen atoms in total. The van der Waals surface area contributed by atoms with Gasteiger partial charge >= 0.3 is 0 Å². The maximum absolute atomic E-state index is 12.3. The lowest BCUT2D eigenvalue weighted by atomic mass is 10.1. The fourth-order valence-electron chi connectivity index (χ4n) is 2.70. The van der Waals surface area contributed by atoms with Gasteiger partial charge in [0.15, 0.2) is 17.3 Å². The van der Waals surface area contributed by atoms with Gasteiger partial charge < -0.3 is 19.5 Å². The van der Waals surface area contributed by atoms with Gasteiger partial charge in [-0.1, -0.05) is 17.7 Å². The molecule has 1 amide bonds. The van der Waals surface area contributed by atoms with Crippen molar-refractivity contribution in [3.05, 3.63) is 58.9 Å². The van der Waals surface area contributed by atoms with Crippen LogP contribution in [0.25, 0.3) is 0 Å². The van der Waals surface area contributed by atoms with Crippen molar-refractivity contribution in [3.8, 4) is 17.2 Å². The van der Waals surface area contributed by atoms with Crippen LogP contribution in [0.4, 0.5) is 0 Å². The number of carbonyl (C=O) groups is 1. The predicted molar refractivity (Wildman–Crippen MR) is 110 cm³/mol. The smallest absolute Gasteiger partial charge is 0.241 e. The molecule has 0 spiro atoms. The average molecular weight is 432 g/mol. The second kappa shape index (κ2) is 10.4. The molecule has 2 aromatic carbocycles. The van der Waals surface area contributed by atoms with Gasteiger partial charge in [0.2, 0.25) is 5.91 Å². The summed E-state index contributed by atoms with van der Waals surface area (Å²) in [5.74, 6) is 2.20. The molecule has 1 aromatic heterocycles. The second-order valence-electron chi connectivity index (χ2n) is 6.28. The van der Waals surface area contributed by atoms with Gasteiger partial charge in [-0.25, -0.2) is 4.68 Å². The molecule has 10 heteroatoms. The summed E-state index contributed by atoms with van der Waals surface area (Å²) >= 11 is 5.86. The lowest BCUT2D eigenvalue weighted by molar-refractivity contribution is -0.121. The Morgan fingerprint density at radius 1 is 1.10 bits per heavy atom. The minimum absolute atomic E-state index is 0.00174. The van der Waals surface area contributed by atoms with Crippen LogP contribution in [0.2, 0.25) is 5.02 Å². The number of halogens is 1. The quantitative estimate of drug-likeness (QED) is 0.525. The van der Waals surface area contributed by atoms with Gasteiger partial charge in [-0.05, 0) is 58.8 Å². The number of tetrazole rings is 1. The Balaban J connectivity index is 1.47. The van der Waals surface area contributed by atoms with Crippen LogP contribution in [0, 0.1) is 0 Å². The van der Waals surface area contributed by atoms with E-state index in [1.807, 2.05) is 18.2 Å². The normalized spacial score (nSPS) is 10.5. The van der Waals surface area contributed by atoms with E-state index in [1.54, 1.807) is 38.5 Å². The first-order valence-electron chi connectivity index (χ1n) is 9.20. The van der Waals surface area contributed by atoms with E-state index in [0.29, 0.717) is 41.1 Å². The predicted octanol–water partition coefficient (Wildman–Crippen LogP) is 2.28. The van der Waals surface area contributed by atoms with Gasteiger partial charge in [0, 0.05) is 11.6 Å². The SMILES string of the molecule is COc1ccc(CCNC(=O)Cn2nnnc2COc2ccc(Cl)cc2)cc1OC. The number of nitrogens with zero attached hydrogens (tertiary/aromatic N) is 4. The molecule has 0 aliphatic rings. The molecule has 0 fully saturated rings. The van der Waals surface area contributed by atoms with Crippen molar-refractivity contribution < 1.29 is 19.0 Å². The highest BCUT2D eigenvalue weighted by Gasteiger charge is 2.11. The van der Waals surface area contributed by atoms with Crippen LogP contribution < -0.4 is 19.5 Å². The number of hydrogen-bond acceptors (Lipinski definition) is 7. The van der Waals surface area contributed by atoms with Crippen molar-refractivity contribution in [2.45, 2.75) is 19.6 Å². The van der Waals surface area contributed by atoms with Gasteiger partial charge in [0.25, 0.3) is 0 Å². The number of benzene rings is 2. The van der Waals surface area contributed by atoms with Crippen LogP contribution in [0.1, 0.15) is 11.4 Å². The molecule has 0 atom stereocenters. The Labute approximate surface area is 178 Å². The fourth-order valence-corrected chi connectivity index (χ4v) is 2.83. The maximum atomic E-state index is 12.3. The highest BCUT2D eigenvalue weighted by Crippen LogP contribution is 2.27. The van der Waals surface area contributed by atoms with E-state index in [1.165, 1.54) is 4.68 Å². The zero-order chi connectivity index (χ0) is 21.3. The third-order valence-corrected chi connectivity index (χ3v) is 4.52. The number of hydrogen-bond donors (Lipinski definition) is 1. The van der Waals surface area contributed by atoms with Crippen LogP contribution in [-0.4, -0.2) is 46.9 Å². The van der Waals surface area contributed by atoms with E-state index >= 15 is 0 Å². The molecular formula is C20H22ClN5O4. The second-order valence-corrected chi connectivity index (χ2v) is 6.72. The van der Waals surface area contributed by atoms with E-state index < -0.39 is 0 Å². The van der Waals surface area contributed by atoms with E-state index in [-0.39, 0.29) is 19.1 Å². The van der Waals surface area contributed by atoms with Crippen molar-refractivity contribution in [2.75, 3.05) is 20.8 Å². The number of amides is 1. The highest BCUT2D eigenvalue weighted by atomic mass is 35.5. The third kappa shape index (κ3) is 5.84. The Morgan fingerprint density at radius 2 is 1.87 bits per heavy atom. The van der Waals surface area contributed by atoms with Crippen LogP contribution >= 0.6 is 11.6 Å². The molecule has 0 radical (unpaired) electrons. The van der Waals surface area contributed by atoms with Gasteiger partial charge in [0.05, 0.1) is 14.2 Å². The van der Waals surface area contributed by atoms with Crippen LogP contribution in [0.15, 0.2) is 42.5 Å². The molecule has 0 aliphatic carbocycles. The van der Waals surface area contributed by atoms with E-state index in [9.17, 15) is 4.79 Å². The molecular weight excluding hydrogens is 410 g/mol. The first-order chi connectivity index (χ1) is 14.6. The maximum Gasteiger partial charge on any atom is 0.241 e. The molecule has 0 bridgehead atoms. The summed E-state index contributed by atoms with van der Waals surface area (Å²) in [5, 5.41) is 14.9. The number of rotatable bonds is 10. The van der Waals surface area contributed by atoms with Gasteiger partial charge in [-0.3, -0.25) is 4.79 Å². The fraction of sp³-hybridized carbons (Fsp3) is 0.300. The Bertz CT molecular complexity index is 978. The van der Waals surface area contributed by atoms with E-state index in [0.717, 1.165) is 5.56 Å². The minimum atomic E-state index is -0.199. The average Bonchev–Trinajstić information content (AvgIpc) is 3.20. The summed E-state index contributed by atoms with van der Waals surface area (Å²) < 4.78 is 17.6. The Morgan fingerprint density at radius 3 is 2.60 bits per heavy atom. The largest absolute Gasteiger partial charge is 0.493 e.